The molecule has 90 valence electrons. The zero-order valence-electron chi connectivity index (χ0n) is 7.66. The molecule has 0 aliphatic rings. The quantitative estimate of drug-likeness (QED) is 0.685. The maximum atomic E-state index is 12.3. The summed E-state index contributed by atoms with van der Waals surface area (Å²) in [7, 11) is -3.21. The van der Waals surface area contributed by atoms with Crippen LogP contribution >= 0.6 is 24.2 Å². The van der Waals surface area contributed by atoms with Gasteiger partial charge in [0.25, 0.3) is 0 Å². The van der Waals surface area contributed by atoms with E-state index in [0.29, 0.717) is 0 Å². The molecule has 1 aromatic rings. The van der Waals surface area contributed by atoms with Gasteiger partial charge in [-0.15, -0.1) is 0 Å². The summed E-state index contributed by atoms with van der Waals surface area (Å²) in [6.07, 6.45) is -4.45. The van der Waals surface area contributed by atoms with E-state index < -0.39 is 25.0 Å². The lowest BCUT2D eigenvalue weighted by Crippen LogP contribution is -2.05. The highest BCUT2D eigenvalue weighted by atomic mass is 79.9. The Morgan fingerprint density at radius 3 is 2.56 bits per heavy atom. The van der Waals surface area contributed by atoms with E-state index in [1.54, 1.807) is 0 Å². The number of rotatable bonds is 3. The van der Waals surface area contributed by atoms with E-state index >= 15 is 0 Å². The van der Waals surface area contributed by atoms with Crippen LogP contribution in [0, 0.1) is 0 Å². The van der Waals surface area contributed by atoms with Gasteiger partial charge in [-0.3, -0.25) is 9.09 Å². The van der Waals surface area contributed by atoms with Crippen LogP contribution in [0.15, 0.2) is 24.3 Å². The van der Waals surface area contributed by atoms with Crippen LogP contribution in [-0.2, 0) is 15.3 Å². The van der Waals surface area contributed by atoms with Crippen molar-refractivity contribution in [3.05, 3.63) is 35.4 Å². The molecule has 0 spiro atoms. The molecule has 8 heteroatoms. The molecule has 1 rings (SSSR count). The summed E-state index contributed by atoms with van der Waals surface area (Å²) >= 11 is 2.86. The van der Waals surface area contributed by atoms with Crippen LogP contribution in [0.4, 0.5) is 13.2 Å². The molecule has 3 nitrogen and oxygen atoms in total. The molecule has 0 aromatic heterocycles. The molecule has 0 saturated heterocycles. The van der Waals surface area contributed by atoms with Gasteiger partial charge in [-0.2, -0.15) is 13.2 Å². The average Bonchev–Trinajstić information content (AvgIpc) is 2.15. The first-order valence-corrected chi connectivity index (χ1v) is 6.19. The van der Waals surface area contributed by atoms with Gasteiger partial charge in [0.1, 0.15) is 5.01 Å². The van der Waals surface area contributed by atoms with E-state index in [1.807, 2.05) is 0 Å². The Labute approximate surface area is 98.3 Å². The smallest absolute Gasteiger partial charge is 0.326 e. The topological polar surface area (TPSA) is 46.5 Å². The molecule has 0 fully saturated rings. The second kappa shape index (κ2) is 5.31. The first-order valence-electron chi connectivity index (χ1n) is 4.01. The van der Waals surface area contributed by atoms with Gasteiger partial charge < -0.3 is 4.89 Å². The predicted molar refractivity (Wildman–Crippen MR) is 55.4 cm³/mol. The molecular weight excluding hydrogens is 312 g/mol. The molecule has 0 aliphatic heterocycles. The minimum atomic E-state index is -4.45. The SMILES string of the molecule is O=[PH](O)OC(Br)c1cccc(C(F)(F)F)c1. The summed E-state index contributed by atoms with van der Waals surface area (Å²) in [6, 6.07) is 4.32. The van der Waals surface area contributed by atoms with Gasteiger partial charge in [-0.1, -0.05) is 28.1 Å². The van der Waals surface area contributed by atoms with Crippen LogP contribution in [0.25, 0.3) is 0 Å². The zero-order chi connectivity index (χ0) is 12.3. The lowest BCUT2D eigenvalue weighted by atomic mass is 10.1. The van der Waals surface area contributed by atoms with Gasteiger partial charge in [0.2, 0.25) is 0 Å². The molecule has 0 amide bonds. The van der Waals surface area contributed by atoms with Crippen LogP contribution in [0.1, 0.15) is 16.1 Å². The summed E-state index contributed by atoms with van der Waals surface area (Å²) in [4.78, 5) is 8.49. The molecule has 0 saturated carbocycles. The first-order chi connectivity index (χ1) is 7.30. The van der Waals surface area contributed by atoms with E-state index in [4.69, 9.17) is 4.89 Å². The van der Waals surface area contributed by atoms with Crippen LogP contribution in [0.3, 0.4) is 0 Å². The fourth-order valence-corrected chi connectivity index (χ4v) is 2.09. The Morgan fingerprint density at radius 1 is 1.44 bits per heavy atom. The van der Waals surface area contributed by atoms with Gasteiger partial charge in [0, 0.05) is 0 Å². The van der Waals surface area contributed by atoms with Crippen molar-refractivity contribution < 1.29 is 27.2 Å². The van der Waals surface area contributed by atoms with Gasteiger partial charge in [0.15, 0.2) is 0 Å². The van der Waals surface area contributed by atoms with Crippen molar-refractivity contribution >= 4 is 24.2 Å². The lowest BCUT2D eigenvalue weighted by molar-refractivity contribution is -0.137. The van der Waals surface area contributed by atoms with Crippen molar-refractivity contribution in [1.29, 1.82) is 0 Å². The number of hydrogen-bond donors (Lipinski definition) is 1. The van der Waals surface area contributed by atoms with Gasteiger partial charge in [0.05, 0.1) is 5.56 Å². The number of hydrogen-bond acceptors (Lipinski definition) is 2. The Balaban J connectivity index is 2.94. The molecular formula is C8H7BrF3O3P. The van der Waals surface area contributed by atoms with Crippen molar-refractivity contribution in [3.8, 4) is 0 Å². The number of alkyl halides is 4. The molecule has 0 aliphatic carbocycles. The number of benzene rings is 1. The molecule has 0 heterocycles. The number of halogens is 4. The summed E-state index contributed by atoms with van der Waals surface area (Å²) in [6.45, 7) is 0. The highest BCUT2D eigenvalue weighted by molar-refractivity contribution is 9.09. The Bertz CT molecular complexity index is 396. The third-order valence-corrected chi connectivity index (χ3v) is 3.18. The molecule has 1 aromatic carbocycles. The standard InChI is InChI=1S/C8H7BrF3O3P/c9-7(15-16(13)14)5-2-1-3-6(4-5)8(10,11)12/h1-4,7,16H,(H,13,14). The Kier molecular flexibility index (Phi) is 4.55. The van der Waals surface area contributed by atoms with E-state index in [9.17, 15) is 17.7 Å². The third kappa shape index (κ3) is 3.90. The normalized spacial score (nSPS) is 15.8. The van der Waals surface area contributed by atoms with Crippen molar-refractivity contribution in [1.82, 2.24) is 0 Å². The summed E-state index contributed by atoms with van der Waals surface area (Å²) in [5.74, 6) is 0. The second-order valence-corrected chi connectivity index (χ2v) is 4.42. The van der Waals surface area contributed by atoms with E-state index in [2.05, 4.69) is 20.5 Å². The van der Waals surface area contributed by atoms with Crippen LogP contribution in [0.2, 0.25) is 0 Å². The zero-order valence-corrected chi connectivity index (χ0v) is 10.2. The van der Waals surface area contributed by atoms with Crippen LogP contribution in [-0.4, -0.2) is 4.89 Å². The lowest BCUT2D eigenvalue weighted by Gasteiger charge is -2.12. The second-order valence-electron chi connectivity index (χ2n) is 2.82. The van der Waals surface area contributed by atoms with Crippen molar-refractivity contribution in [2.24, 2.45) is 0 Å². The molecule has 16 heavy (non-hydrogen) atoms. The fraction of sp³-hybridized carbons (Fsp3) is 0.250. The molecule has 2 unspecified atom stereocenters. The summed E-state index contributed by atoms with van der Waals surface area (Å²) < 4.78 is 51.8. The predicted octanol–water partition coefficient (Wildman–Crippen LogP) is 3.50. The molecule has 0 radical (unpaired) electrons. The maximum absolute atomic E-state index is 12.3. The minimum Gasteiger partial charge on any atom is -0.326 e. The monoisotopic (exact) mass is 318 g/mol. The maximum Gasteiger partial charge on any atom is 0.416 e. The van der Waals surface area contributed by atoms with Crippen molar-refractivity contribution in [2.75, 3.05) is 0 Å². The van der Waals surface area contributed by atoms with E-state index in [0.717, 1.165) is 12.1 Å². The fourth-order valence-electron chi connectivity index (χ4n) is 1.01. The van der Waals surface area contributed by atoms with Crippen molar-refractivity contribution in [2.45, 2.75) is 11.2 Å². The average molecular weight is 319 g/mol. The molecule has 2 atom stereocenters. The van der Waals surface area contributed by atoms with Crippen LogP contribution < -0.4 is 0 Å². The van der Waals surface area contributed by atoms with Crippen LogP contribution in [0.5, 0.6) is 0 Å². The highest BCUT2D eigenvalue weighted by Crippen LogP contribution is 2.36. The Hall–Kier alpha value is -0.360. The van der Waals surface area contributed by atoms with Gasteiger partial charge in [-0.25, -0.2) is 0 Å². The summed E-state index contributed by atoms with van der Waals surface area (Å²) in [5, 5.41) is -1.04. The van der Waals surface area contributed by atoms with E-state index in [-0.39, 0.29) is 5.56 Å². The summed E-state index contributed by atoms with van der Waals surface area (Å²) in [5.41, 5.74) is -0.710. The Morgan fingerprint density at radius 2 is 2.06 bits per heavy atom. The van der Waals surface area contributed by atoms with Gasteiger partial charge >= 0.3 is 14.4 Å². The minimum absolute atomic E-state index is 0.127. The van der Waals surface area contributed by atoms with Gasteiger partial charge in [-0.05, 0) is 17.7 Å². The highest BCUT2D eigenvalue weighted by Gasteiger charge is 2.30. The molecule has 0 bridgehead atoms. The van der Waals surface area contributed by atoms with Crippen molar-refractivity contribution in [3.63, 3.8) is 0 Å². The van der Waals surface area contributed by atoms with E-state index in [1.165, 1.54) is 12.1 Å². The largest absolute Gasteiger partial charge is 0.416 e. The first kappa shape index (κ1) is 13.7. The third-order valence-electron chi connectivity index (χ3n) is 1.68. The molecule has 1 N–H and O–H groups in total.